The Morgan fingerprint density at radius 3 is 2.75 bits per heavy atom. The number of amides is 1. The Morgan fingerprint density at radius 1 is 1.67 bits per heavy atom. The minimum Gasteiger partial charge on any atom is -0.378 e. The van der Waals surface area contributed by atoms with E-state index in [0.29, 0.717) is 19.3 Å². The molecule has 1 amide bonds. The number of hydrogen-bond acceptors (Lipinski definition) is 3. The van der Waals surface area contributed by atoms with Crippen LogP contribution in [0.25, 0.3) is 0 Å². The molecule has 1 aliphatic rings. The molecule has 0 bridgehead atoms. The van der Waals surface area contributed by atoms with Crippen molar-refractivity contribution in [1.82, 2.24) is 4.90 Å². The van der Waals surface area contributed by atoms with Crippen molar-refractivity contribution < 1.29 is 9.53 Å². The van der Waals surface area contributed by atoms with Gasteiger partial charge in [-0.2, -0.15) is 0 Å². The SMILES string of the molecule is CC(C)N1CCOC[C@H]1C(N)=O. The summed E-state index contributed by atoms with van der Waals surface area (Å²) in [4.78, 5) is 13.0. The van der Waals surface area contributed by atoms with Crippen molar-refractivity contribution in [3.05, 3.63) is 0 Å². The number of nitrogens with two attached hydrogens (primary N) is 1. The molecule has 2 N–H and O–H groups in total. The standard InChI is InChI=1S/C8H16N2O2/c1-6(2)10-3-4-12-5-7(10)8(9)11/h6-7H,3-5H2,1-2H3,(H2,9,11)/t7-/m0/s1. The average molecular weight is 172 g/mol. The van der Waals surface area contributed by atoms with Gasteiger partial charge in [-0.1, -0.05) is 0 Å². The Bertz CT molecular complexity index is 170. The molecular weight excluding hydrogens is 156 g/mol. The molecule has 1 fully saturated rings. The van der Waals surface area contributed by atoms with Gasteiger partial charge in [-0.15, -0.1) is 0 Å². The van der Waals surface area contributed by atoms with Crippen molar-refractivity contribution in [2.45, 2.75) is 25.9 Å². The Kier molecular flexibility index (Phi) is 3.05. The molecule has 0 aromatic heterocycles. The quantitative estimate of drug-likeness (QED) is 0.615. The third-order valence-corrected chi connectivity index (χ3v) is 2.16. The molecule has 1 atom stereocenters. The summed E-state index contributed by atoms with van der Waals surface area (Å²) in [6, 6.07) is 0.116. The fraction of sp³-hybridized carbons (Fsp3) is 0.875. The van der Waals surface area contributed by atoms with Crippen LogP contribution < -0.4 is 5.73 Å². The minimum atomic E-state index is -0.289. The second kappa shape index (κ2) is 3.87. The van der Waals surface area contributed by atoms with Crippen LogP contribution >= 0.6 is 0 Å². The first-order valence-corrected chi connectivity index (χ1v) is 4.25. The molecule has 0 aromatic carbocycles. The molecule has 0 aromatic rings. The molecule has 70 valence electrons. The lowest BCUT2D eigenvalue weighted by Crippen LogP contribution is -2.54. The van der Waals surface area contributed by atoms with E-state index in [1.807, 2.05) is 0 Å². The van der Waals surface area contributed by atoms with Gasteiger partial charge < -0.3 is 10.5 Å². The van der Waals surface area contributed by atoms with Crippen LogP contribution in [-0.4, -0.2) is 42.6 Å². The Balaban J connectivity index is 2.60. The van der Waals surface area contributed by atoms with Crippen molar-refractivity contribution in [1.29, 1.82) is 0 Å². The van der Waals surface area contributed by atoms with Gasteiger partial charge in [-0.05, 0) is 13.8 Å². The molecule has 1 heterocycles. The monoisotopic (exact) mass is 172 g/mol. The number of carbonyl (C=O) groups is 1. The number of carbonyl (C=O) groups excluding carboxylic acids is 1. The van der Waals surface area contributed by atoms with Crippen LogP contribution in [0, 0.1) is 0 Å². The molecule has 1 aliphatic heterocycles. The molecule has 0 spiro atoms. The lowest BCUT2D eigenvalue weighted by Gasteiger charge is -2.36. The maximum Gasteiger partial charge on any atom is 0.237 e. The summed E-state index contributed by atoms with van der Waals surface area (Å²) < 4.78 is 5.18. The van der Waals surface area contributed by atoms with E-state index in [0.717, 1.165) is 6.54 Å². The van der Waals surface area contributed by atoms with E-state index in [1.54, 1.807) is 0 Å². The zero-order chi connectivity index (χ0) is 9.14. The van der Waals surface area contributed by atoms with Crippen molar-refractivity contribution in [3.8, 4) is 0 Å². The molecule has 1 saturated heterocycles. The summed E-state index contributed by atoms with van der Waals surface area (Å²) in [5.41, 5.74) is 5.23. The van der Waals surface area contributed by atoms with Gasteiger partial charge in [0.1, 0.15) is 6.04 Å². The van der Waals surface area contributed by atoms with Crippen LogP contribution in [0.1, 0.15) is 13.8 Å². The summed E-state index contributed by atoms with van der Waals surface area (Å²) in [6.07, 6.45) is 0. The first-order valence-electron chi connectivity index (χ1n) is 4.25. The van der Waals surface area contributed by atoms with Gasteiger partial charge in [0.2, 0.25) is 5.91 Å². The van der Waals surface area contributed by atoms with Gasteiger partial charge in [0.25, 0.3) is 0 Å². The third-order valence-electron chi connectivity index (χ3n) is 2.16. The number of rotatable bonds is 2. The molecule has 1 rings (SSSR count). The Labute approximate surface area is 72.7 Å². The van der Waals surface area contributed by atoms with Crippen LogP contribution in [0.4, 0.5) is 0 Å². The highest BCUT2D eigenvalue weighted by Gasteiger charge is 2.28. The number of primary amides is 1. The fourth-order valence-electron chi connectivity index (χ4n) is 1.48. The smallest absolute Gasteiger partial charge is 0.237 e. The van der Waals surface area contributed by atoms with Gasteiger partial charge in [0, 0.05) is 12.6 Å². The fourth-order valence-corrected chi connectivity index (χ4v) is 1.48. The number of ether oxygens (including phenoxy) is 1. The molecule has 0 radical (unpaired) electrons. The summed E-state index contributed by atoms with van der Waals surface area (Å²) >= 11 is 0. The first-order chi connectivity index (χ1) is 5.63. The third kappa shape index (κ3) is 1.95. The summed E-state index contributed by atoms with van der Waals surface area (Å²) in [5, 5.41) is 0. The Morgan fingerprint density at radius 2 is 2.33 bits per heavy atom. The normalized spacial score (nSPS) is 26.1. The van der Waals surface area contributed by atoms with Gasteiger partial charge in [0.15, 0.2) is 0 Å². The van der Waals surface area contributed by atoms with E-state index in [1.165, 1.54) is 0 Å². The van der Waals surface area contributed by atoms with E-state index < -0.39 is 0 Å². The molecule has 12 heavy (non-hydrogen) atoms. The zero-order valence-corrected chi connectivity index (χ0v) is 7.62. The summed E-state index contributed by atoms with van der Waals surface area (Å²) in [7, 11) is 0. The summed E-state index contributed by atoms with van der Waals surface area (Å²) in [5.74, 6) is -0.289. The van der Waals surface area contributed by atoms with Gasteiger partial charge in [-0.25, -0.2) is 0 Å². The van der Waals surface area contributed by atoms with E-state index in [2.05, 4.69) is 18.7 Å². The van der Waals surface area contributed by atoms with Gasteiger partial charge >= 0.3 is 0 Å². The van der Waals surface area contributed by atoms with Crippen LogP contribution in [0.5, 0.6) is 0 Å². The number of hydrogen-bond donors (Lipinski definition) is 1. The van der Waals surface area contributed by atoms with Crippen molar-refractivity contribution >= 4 is 5.91 Å². The maximum atomic E-state index is 11.0. The highest BCUT2D eigenvalue weighted by atomic mass is 16.5. The van der Waals surface area contributed by atoms with Crippen molar-refractivity contribution in [2.24, 2.45) is 5.73 Å². The largest absolute Gasteiger partial charge is 0.378 e. The minimum absolute atomic E-state index is 0.237. The van der Waals surface area contributed by atoms with Crippen LogP contribution in [-0.2, 0) is 9.53 Å². The van der Waals surface area contributed by atoms with Crippen molar-refractivity contribution in [2.75, 3.05) is 19.8 Å². The zero-order valence-electron chi connectivity index (χ0n) is 7.62. The topological polar surface area (TPSA) is 55.6 Å². The number of morpholine rings is 1. The Hall–Kier alpha value is -0.610. The van der Waals surface area contributed by atoms with E-state index >= 15 is 0 Å². The molecule has 0 saturated carbocycles. The molecule has 0 aliphatic carbocycles. The highest BCUT2D eigenvalue weighted by molar-refractivity contribution is 5.80. The lowest BCUT2D eigenvalue weighted by atomic mass is 10.1. The molecule has 4 heteroatoms. The van der Waals surface area contributed by atoms with E-state index in [9.17, 15) is 4.79 Å². The van der Waals surface area contributed by atoms with Crippen LogP contribution in [0.3, 0.4) is 0 Å². The average Bonchev–Trinajstić information content (AvgIpc) is 2.04. The molecule has 4 nitrogen and oxygen atoms in total. The number of nitrogens with zero attached hydrogens (tertiary/aromatic N) is 1. The summed E-state index contributed by atoms with van der Waals surface area (Å²) in [6.45, 7) is 6.04. The second-order valence-electron chi connectivity index (χ2n) is 3.32. The molecule has 0 unspecified atom stereocenters. The van der Waals surface area contributed by atoms with Crippen LogP contribution in [0.15, 0.2) is 0 Å². The lowest BCUT2D eigenvalue weighted by molar-refractivity contribution is -0.130. The van der Waals surface area contributed by atoms with Crippen LogP contribution in [0.2, 0.25) is 0 Å². The highest BCUT2D eigenvalue weighted by Crippen LogP contribution is 2.09. The predicted molar refractivity (Wildman–Crippen MR) is 45.6 cm³/mol. The predicted octanol–water partition coefficient (Wildman–Crippen LogP) is -0.419. The van der Waals surface area contributed by atoms with E-state index in [-0.39, 0.29) is 11.9 Å². The van der Waals surface area contributed by atoms with Gasteiger partial charge in [-0.3, -0.25) is 9.69 Å². The van der Waals surface area contributed by atoms with Gasteiger partial charge in [0.05, 0.1) is 13.2 Å². The molecular formula is C8H16N2O2. The first kappa shape index (κ1) is 9.48. The van der Waals surface area contributed by atoms with Crippen molar-refractivity contribution in [3.63, 3.8) is 0 Å². The van der Waals surface area contributed by atoms with E-state index in [4.69, 9.17) is 10.5 Å². The maximum absolute atomic E-state index is 11.0. The second-order valence-corrected chi connectivity index (χ2v) is 3.32.